The molecule has 48 valence electrons. The van der Waals surface area contributed by atoms with Crippen LogP contribution in [0.2, 0.25) is 0 Å². The van der Waals surface area contributed by atoms with Gasteiger partial charge in [-0.1, -0.05) is 0 Å². The van der Waals surface area contributed by atoms with Crippen molar-refractivity contribution < 1.29 is 17.9 Å². The third kappa shape index (κ3) is 5.85. The molecular weight excluding hydrogens is 161 g/mol. The van der Waals surface area contributed by atoms with E-state index < -0.39 is 0 Å². The van der Waals surface area contributed by atoms with Gasteiger partial charge in [0.15, 0.2) is 0 Å². The minimum absolute atomic E-state index is 0. The van der Waals surface area contributed by atoms with Crippen LogP contribution < -0.4 is 0 Å². The van der Waals surface area contributed by atoms with Crippen LogP contribution in [0, 0.1) is 14.0 Å². The van der Waals surface area contributed by atoms with Crippen LogP contribution in [0.15, 0.2) is 17.7 Å². The second kappa shape index (κ2) is 6.10. The van der Waals surface area contributed by atoms with E-state index in [4.69, 9.17) is 6.58 Å². The van der Waals surface area contributed by atoms with Gasteiger partial charge in [-0.15, -0.1) is 0 Å². The molecule has 0 aliphatic rings. The summed E-state index contributed by atoms with van der Waals surface area (Å²) in [5.41, 5.74) is 1.30. The van der Waals surface area contributed by atoms with Gasteiger partial charge in [0.1, 0.15) is 0 Å². The van der Waals surface area contributed by atoms with E-state index in [2.05, 4.69) is 13.8 Å². The quantitative estimate of drug-likeness (QED) is 0.341. The molecule has 0 aliphatic heterocycles. The second-order valence-corrected chi connectivity index (χ2v) is 4.05. The standard InChI is InChI=1S/C7H9.CH3.Zn/c1-4-6-7(3)5-2;;/h1,4,6H,2-3H3;1H3;/q2*-1;/b7-6-;;. The van der Waals surface area contributed by atoms with Crippen molar-refractivity contribution in [2.24, 2.45) is 0 Å². The molecule has 0 atom stereocenters. The Hall–Kier alpha value is -0.0266. The molecule has 1 heteroatoms. The summed E-state index contributed by atoms with van der Waals surface area (Å²) in [5, 5.41) is 0. The Bertz CT molecular complexity index is 132. The molecule has 0 fully saturated rings. The largest absolute Gasteiger partial charge is 0.358 e. The zero-order valence-electron chi connectivity index (χ0n) is 6.44. The van der Waals surface area contributed by atoms with E-state index >= 15 is 0 Å². The first-order chi connectivity index (χ1) is 3.68. The van der Waals surface area contributed by atoms with Gasteiger partial charge in [-0.2, -0.15) is 0 Å². The SMILES string of the molecule is [CH-]=C/C=C(/C)[C](C)=[Zn].[CH3-]. The van der Waals surface area contributed by atoms with Crippen molar-refractivity contribution in [1.29, 1.82) is 0 Å². The fourth-order valence-electron chi connectivity index (χ4n) is 0.287. The van der Waals surface area contributed by atoms with Crippen molar-refractivity contribution in [2.75, 3.05) is 0 Å². The van der Waals surface area contributed by atoms with Gasteiger partial charge in [0.25, 0.3) is 0 Å². The summed E-state index contributed by atoms with van der Waals surface area (Å²) in [4.78, 5) is 0. The molecule has 0 saturated carbocycles. The molecule has 0 aromatic rings. The van der Waals surface area contributed by atoms with Crippen LogP contribution in [0.25, 0.3) is 0 Å². The Kier molecular flexibility index (Phi) is 7.95. The summed E-state index contributed by atoms with van der Waals surface area (Å²) < 4.78 is 1.44. The Morgan fingerprint density at radius 3 is 2.00 bits per heavy atom. The van der Waals surface area contributed by atoms with Gasteiger partial charge in [0, 0.05) is 0 Å². The Morgan fingerprint density at radius 2 is 1.89 bits per heavy atom. The maximum Gasteiger partial charge on any atom is -0.358 e. The van der Waals surface area contributed by atoms with Crippen LogP contribution in [0.3, 0.4) is 0 Å². The molecule has 0 rings (SSSR count). The Balaban J connectivity index is 0. The fourth-order valence-corrected chi connectivity index (χ4v) is 0.534. The maximum atomic E-state index is 5.17. The topological polar surface area (TPSA) is 0 Å². The average Bonchev–Trinajstić information content (AvgIpc) is 1.67. The van der Waals surface area contributed by atoms with Crippen molar-refractivity contribution in [2.45, 2.75) is 13.8 Å². The van der Waals surface area contributed by atoms with E-state index in [0.29, 0.717) is 0 Å². The molecule has 0 nitrogen and oxygen atoms in total. The molecule has 0 aromatic carbocycles. The molecule has 9 heavy (non-hydrogen) atoms. The van der Waals surface area contributed by atoms with Gasteiger partial charge in [0.2, 0.25) is 0 Å². The molecule has 0 heterocycles. The molecule has 0 amide bonds. The molecule has 0 unspecified atom stereocenters. The van der Waals surface area contributed by atoms with E-state index in [1.165, 1.54) is 27.5 Å². The average molecular weight is 174 g/mol. The minimum Gasteiger partial charge on any atom is -0.358 e. The zero-order chi connectivity index (χ0) is 6.57. The summed E-state index contributed by atoms with van der Waals surface area (Å²) in [5.74, 6) is 0. The Morgan fingerprint density at radius 1 is 1.44 bits per heavy atom. The van der Waals surface area contributed by atoms with Crippen LogP contribution in [-0.2, 0) is 17.9 Å². The van der Waals surface area contributed by atoms with E-state index in [-0.39, 0.29) is 7.43 Å². The van der Waals surface area contributed by atoms with Crippen molar-refractivity contribution in [1.82, 2.24) is 0 Å². The van der Waals surface area contributed by atoms with Crippen molar-refractivity contribution >= 4 is 4.11 Å². The first-order valence-corrected chi connectivity index (χ1v) is 4.04. The number of hydrogen-bond acceptors (Lipinski definition) is 0. The molecular formula is C8H12Zn-2. The summed E-state index contributed by atoms with van der Waals surface area (Å²) in [7, 11) is 0. The third-order valence-electron chi connectivity index (χ3n) is 1.02. The summed E-state index contributed by atoms with van der Waals surface area (Å²) in [6.45, 7) is 9.36. The van der Waals surface area contributed by atoms with E-state index in [1.54, 1.807) is 6.08 Å². The van der Waals surface area contributed by atoms with Gasteiger partial charge in [0.05, 0.1) is 0 Å². The first kappa shape index (κ1) is 11.7. The normalized spacial score (nSPS) is 10.0. The van der Waals surface area contributed by atoms with Crippen LogP contribution in [0.5, 0.6) is 0 Å². The van der Waals surface area contributed by atoms with Gasteiger partial charge in [-0.05, 0) is 0 Å². The predicted molar refractivity (Wildman–Crippen MR) is 39.7 cm³/mol. The summed E-state index contributed by atoms with van der Waals surface area (Å²) >= 11 is 1.23. The van der Waals surface area contributed by atoms with Gasteiger partial charge in [-0.25, -0.2) is 0 Å². The van der Waals surface area contributed by atoms with E-state index in [0.717, 1.165) is 0 Å². The monoisotopic (exact) mass is 172 g/mol. The summed E-state index contributed by atoms with van der Waals surface area (Å²) in [6.07, 6.45) is 3.51. The Labute approximate surface area is 67.9 Å². The van der Waals surface area contributed by atoms with Crippen molar-refractivity contribution in [3.05, 3.63) is 31.7 Å². The van der Waals surface area contributed by atoms with Gasteiger partial charge < -0.3 is 7.43 Å². The first-order valence-electron chi connectivity index (χ1n) is 2.56. The van der Waals surface area contributed by atoms with Crippen LogP contribution in [0.1, 0.15) is 13.8 Å². The number of allylic oxidation sites excluding steroid dienone is 3. The van der Waals surface area contributed by atoms with Gasteiger partial charge in [-0.3, -0.25) is 0 Å². The smallest absolute Gasteiger partial charge is 0.358 e. The zero-order valence-corrected chi connectivity index (χ0v) is 9.41. The van der Waals surface area contributed by atoms with E-state index in [1.807, 2.05) is 6.08 Å². The van der Waals surface area contributed by atoms with Crippen LogP contribution in [0.4, 0.5) is 0 Å². The van der Waals surface area contributed by atoms with Gasteiger partial charge >= 0.3 is 60.1 Å². The van der Waals surface area contributed by atoms with Crippen molar-refractivity contribution in [3.8, 4) is 0 Å². The molecule has 0 aliphatic carbocycles. The second-order valence-electron chi connectivity index (χ2n) is 1.82. The van der Waals surface area contributed by atoms with Crippen LogP contribution in [-0.4, -0.2) is 4.11 Å². The molecule has 0 bridgehead atoms. The molecule has 0 aromatic heterocycles. The maximum absolute atomic E-state index is 5.17. The van der Waals surface area contributed by atoms with Crippen molar-refractivity contribution in [3.63, 3.8) is 0 Å². The van der Waals surface area contributed by atoms with E-state index in [9.17, 15) is 0 Å². The predicted octanol–water partition coefficient (Wildman–Crippen LogP) is 2.11. The minimum atomic E-state index is 0. The number of rotatable bonds is 2. The van der Waals surface area contributed by atoms with Crippen LogP contribution >= 0.6 is 0 Å². The molecule has 0 saturated heterocycles. The third-order valence-corrected chi connectivity index (χ3v) is 2.19. The molecule has 0 spiro atoms. The molecule has 0 N–H and O–H groups in total. The summed E-state index contributed by atoms with van der Waals surface area (Å²) in [6, 6.07) is 0. The number of hydrogen-bond donors (Lipinski definition) is 0. The fraction of sp³-hybridized carbons (Fsp3) is 0.250. The molecule has 0 radical (unpaired) electrons.